The molecule has 0 aliphatic heterocycles. The maximum Gasteiger partial charge on any atom is 0.473 e. The number of rotatable bonds is 40. The fourth-order valence-corrected chi connectivity index (χ4v) is 7.64. The number of carbonyl (C=O) groups excluding carboxylic acids is 1. The monoisotopic (exact) mass is 799 g/mol. The molecule has 0 aromatic carbocycles. The van der Waals surface area contributed by atoms with Crippen LogP contribution in [-0.2, 0) is 18.4 Å². The summed E-state index contributed by atoms with van der Waals surface area (Å²) < 4.78 is 24.6. The second-order valence-corrected chi connectivity index (χ2v) is 17.8. The van der Waals surface area contributed by atoms with E-state index in [2.05, 4.69) is 56.4 Å². The number of aliphatic hydroxyl groups excluding tert-OH is 2. The molecule has 8 nitrogen and oxygen atoms in total. The number of Topliss-reactive ketones (excluding diaryl/α,β-unsaturated/α-hetero) is 1. The molecule has 0 spiro atoms. The van der Waals surface area contributed by atoms with Crippen molar-refractivity contribution in [3.8, 4) is 0 Å². The van der Waals surface area contributed by atoms with Crippen LogP contribution in [-0.4, -0.2) is 78.0 Å². The van der Waals surface area contributed by atoms with Crippen molar-refractivity contribution in [3.63, 3.8) is 0 Å². The summed E-state index contributed by atoms with van der Waals surface area (Å²) in [6.45, 7) is 4.12. The highest BCUT2D eigenvalue weighted by atomic mass is 31.2. The van der Waals surface area contributed by atoms with Gasteiger partial charge >= 0.3 is 7.82 Å². The number of hydrogen-bond acceptors (Lipinski definition) is 6. The minimum absolute atomic E-state index is 0.0412. The van der Waals surface area contributed by atoms with E-state index in [0.717, 1.165) is 44.9 Å². The Hall–Kier alpha value is -1.38. The van der Waals surface area contributed by atoms with Crippen LogP contribution in [0.2, 0.25) is 0 Å². The van der Waals surface area contributed by atoms with E-state index in [9.17, 15) is 24.5 Å². The summed E-state index contributed by atoms with van der Waals surface area (Å²) in [5.41, 5.74) is -2.02. The number of quaternary nitrogens is 1. The lowest BCUT2D eigenvalue weighted by Gasteiger charge is -2.37. The largest absolute Gasteiger partial charge is 0.473 e. The second kappa shape index (κ2) is 35.8. The van der Waals surface area contributed by atoms with Gasteiger partial charge in [-0.3, -0.25) is 13.8 Å². The van der Waals surface area contributed by atoms with Gasteiger partial charge < -0.3 is 19.6 Å². The molecule has 0 saturated heterocycles. The minimum Gasteiger partial charge on any atom is -0.394 e. The van der Waals surface area contributed by atoms with E-state index in [1.54, 1.807) is 0 Å². The SMILES string of the molecule is CCCCC/C=C\C/C=C\C/C=C\C/C=C\CCCC(=O)C(C[14CH2]CCCCCCCCCCCCCCCC)(OP(=O)(O)OCC[N+](C)(C)C)[C@@H](O)CO. The van der Waals surface area contributed by atoms with Gasteiger partial charge in [0.25, 0.3) is 0 Å². The molecule has 0 aliphatic rings. The van der Waals surface area contributed by atoms with Gasteiger partial charge in [0.1, 0.15) is 19.3 Å². The van der Waals surface area contributed by atoms with Crippen LogP contribution >= 0.6 is 7.82 Å². The van der Waals surface area contributed by atoms with Gasteiger partial charge in [0, 0.05) is 6.42 Å². The molecule has 3 atom stereocenters. The molecule has 9 heteroatoms. The third kappa shape index (κ3) is 32.3. The molecular weight excluding hydrogens is 711 g/mol. The number of phosphoric ester groups is 1. The van der Waals surface area contributed by atoms with Crippen molar-refractivity contribution in [2.24, 2.45) is 0 Å². The lowest BCUT2D eigenvalue weighted by Crippen LogP contribution is -2.53. The molecule has 0 heterocycles. The standard InChI is InChI=1S/C46H86NO7P/c1-6-8-10-12-14-16-18-20-22-24-25-27-29-31-33-35-37-39-44(49)46(45(50)43-48,54-55(51,52)53-42-41-47(3,4)5)40-38-36-34-32-30-28-26-23-21-19-17-15-13-11-9-7-2/h14,16,20,22,25,27,31,33,45,48,50H,6-13,15,17-19,21,23-24,26,28-30,32,34-43H2,1-5H3/p+1/b16-14-,22-20-,27-25-,33-31-/t45-,46?/m0/s1/i38+2. The minimum atomic E-state index is -4.72. The maximum atomic E-state index is 13.8. The zero-order valence-electron chi connectivity index (χ0n) is 36.3. The Morgan fingerprint density at radius 1 is 0.691 bits per heavy atom. The van der Waals surface area contributed by atoms with Crippen molar-refractivity contribution in [3.05, 3.63) is 48.6 Å². The third-order valence-electron chi connectivity index (χ3n) is 10.1. The zero-order valence-corrected chi connectivity index (χ0v) is 37.2. The number of carbonyl (C=O) groups is 1. The fourth-order valence-electron chi connectivity index (χ4n) is 6.55. The lowest BCUT2D eigenvalue weighted by molar-refractivity contribution is -0.870. The number of allylic oxidation sites excluding steroid dienone is 8. The predicted molar refractivity (Wildman–Crippen MR) is 233 cm³/mol. The molecule has 2 unspecified atom stereocenters. The molecule has 0 bridgehead atoms. The van der Waals surface area contributed by atoms with Crippen molar-refractivity contribution in [2.75, 3.05) is 40.9 Å². The Morgan fingerprint density at radius 3 is 1.60 bits per heavy atom. The van der Waals surface area contributed by atoms with Crippen molar-refractivity contribution < 1.29 is 38.0 Å². The number of unbranched alkanes of at least 4 members (excludes halogenated alkanes) is 19. The first-order valence-electron chi connectivity index (χ1n) is 22.3. The summed E-state index contributed by atoms with van der Waals surface area (Å²) in [6, 6.07) is 0. The lowest BCUT2D eigenvalue weighted by atomic mass is 9.88. The number of phosphoric acid groups is 1. The molecule has 55 heavy (non-hydrogen) atoms. The highest BCUT2D eigenvalue weighted by Gasteiger charge is 2.50. The third-order valence-corrected chi connectivity index (χ3v) is 11.2. The van der Waals surface area contributed by atoms with Crippen LogP contribution in [0.5, 0.6) is 0 Å². The average molecular weight is 799 g/mol. The van der Waals surface area contributed by atoms with E-state index < -0.39 is 31.9 Å². The summed E-state index contributed by atoms with van der Waals surface area (Å²) in [5.74, 6) is -0.477. The van der Waals surface area contributed by atoms with Gasteiger partial charge in [-0.1, -0.05) is 172 Å². The molecule has 0 aromatic rings. The summed E-state index contributed by atoms with van der Waals surface area (Å²) >= 11 is 0. The number of hydrogen-bond donors (Lipinski definition) is 3. The normalized spacial score (nSPS) is 15.5. The van der Waals surface area contributed by atoms with Crippen LogP contribution in [0, 0.1) is 0 Å². The topological polar surface area (TPSA) is 113 Å². The van der Waals surface area contributed by atoms with Crippen LogP contribution in [0.1, 0.15) is 187 Å². The van der Waals surface area contributed by atoms with Gasteiger partial charge in [-0.05, 0) is 57.8 Å². The van der Waals surface area contributed by atoms with Crippen molar-refractivity contribution in [1.82, 2.24) is 0 Å². The van der Waals surface area contributed by atoms with Gasteiger partial charge in [-0.15, -0.1) is 0 Å². The Kier molecular flexibility index (Phi) is 34.9. The maximum absolute atomic E-state index is 13.8. The highest BCUT2D eigenvalue weighted by molar-refractivity contribution is 7.47. The summed E-state index contributed by atoms with van der Waals surface area (Å²) in [7, 11) is 1.09. The molecule has 0 radical (unpaired) electrons. The van der Waals surface area contributed by atoms with Gasteiger partial charge in [-0.25, -0.2) is 4.57 Å². The first kappa shape index (κ1) is 53.6. The predicted octanol–water partition coefficient (Wildman–Crippen LogP) is 12.3. The summed E-state index contributed by atoms with van der Waals surface area (Å²) in [5, 5.41) is 21.0. The van der Waals surface area contributed by atoms with E-state index in [0.29, 0.717) is 30.3 Å². The van der Waals surface area contributed by atoms with E-state index in [1.807, 2.05) is 27.2 Å². The van der Waals surface area contributed by atoms with Crippen molar-refractivity contribution in [2.45, 2.75) is 199 Å². The smallest absolute Gasteiger partial charge is 0.394 e. The molecule has 322 valence electrons. The van der Waals surface area contributed by atoms with Crippen LogP contribution in [0.3, 0.4) is 0 Å². The number of aliphatic hydroxyl groups is 2. The van der Waals surface area contributed by atoms with E-state index in [4.69, 9.17) is 9.05 Å². The summed E-state index contributed by atoms with van der Waals surface area (Å²) in [4.78, 5) is 24.5. The van der Waals surface area contributed by atoms with E-state index in [1.165, 1.54) is 96.3 Å². The quantitative estimate of drug-likeness (QED) is 0.0245. The molecule has 0 fully saturated rings. The first-order chi connectivity index (χ1) is 26.4. The van der Waals surface area contributed by atoms with E-state index in [-0.39, 0.29) is 19.4 Å². The van der Waals surface area contributed by atoms with Crippen LogP contribution in [0.15, 0.2) is 48.6 Å². The molecule has 0 aromatic heterocycles. The summed E-state index contributed by atoms with van der Waals surface area (Å²) in [6.07, 6.45) is 43.7. The number of likely N-dealkylation sites (N-methyl/N-ethyl adjacent to an activating group) is 1. The Morgan fingerprint density at radius 2 is 1.13 bits per heavy atom. The number of nitrogens with zero attached hydrogens (tertiary/aromatic N) is 1. The second-order valence-electron chi connectivity index (χ2n) is 16.5. The Balaban J connectivity index is 4.92. The molecule has 3 N–H and O–H groups in total. The Bertz CT molecular complexity index is 1070. The van der Waals surface area contributed by atoms with Crippen LogP contribution in [0.25, 0.3) is 0 Å². The van der Waals surface area contributed by atoms with Crippen LogP contribution in [0.4, 0.5) is 0 Å². The Labute approximate surface area is 339 Å². The van der Waals surface area contributed by atoms with Gasteiger partial charge in [0.2, 0.25) is 0 Å². The fraction of sp³-hybridized carbons (Fsp3) is 0.804. The number of ketones is 1. The van der Waals surface area contributed by atoms with Crippen LogP contribution < -0.4 is 0 Å². The van der Waals surface area contributed by atoms with Crippen molar-refractivity contribution >= 4 is 13.6 Å². The molecule has 0 rings (SSSR count). The first-order valence-corrected chi connectivity index (χ1v) is 23.8. The van der Waals surface area contributed by atoms with Gasteiger partial charge in [-0.2, -0.15) is 0 Å². The molecule has 0 aliphatic carbocycles. The molecule has 0 amide bonds. The average Bonchev–Trinajstić information content (AvgIpc) is 3.14. The zero-order chi connectivity index (χ0) is 40.9. The van der Waals surface area contributed by atoms with Gasteiger partial charge in [0.15, 0.2) is 11.4 Å². The molecule has 0 saturated carbocycles. The molecular formula is C46H87NO7P+. The van der Waals surface area contributed by atoms with E-state index >= 15 is 0 Å². The highest BCUT2D eigenvalue weighted by Crippen LogP contribution is 2.50. The van der Waals surface area contributed by atoms with Gasteiger partial charge in [0.05, 0.1) is 27.7 Å². The van der Waals surface area contributed by atoms with Crippen molar-refractivity contribution in [1.29, 1.82) is 0 Å².